The highest BCUT2D eigenvalue weighted by Gasteiger charge is 2.10. The standard InChI is InChI=1S/C15H16N4O2/c1-16-15-18-11(9-14-17-6-7-19(14)15)10-4-5-12(20-2)13(8-10)21-3/h4-9H,1-3H3,(H,16,18). The van der Waals surface area contributed by atoms with Gasteiger partial charge in [-0.15, -0.1) is 0 Å². The maximum absolute atomic E-state index is 5.34. The molecule has 0 atom stereocenters. The lowest BCUT2D eigenvalue weighted by Gasteiger charge is -2.11. The number of methoxy groups -OCH3 is 2. The molecule has 6 nitrogen and oxygen atoms in total. The lowest BCUT2D eigenvalue weighted by Crippen LogP contribution is -2.02. The zero-order valence-electron chi connectivity index (χ0n) is 12.1. The summed E-state index contributed by atoms with van der Waals surface area (Å²) in [5, 5.41) is 3.07. The van der Waals surface area contributed by atoms with Gasteiger partial charge >= 0.3 is 0 Å². The van der Waals surface area contributed by atoms with Crippen molar-refractivity contribution in [1.82, 2.24) is 14.4 Å². The number of hydrogen-bond donors (Lipinski definition) is 1. The molecule has 0 radical (unpaired) electrons. The van der Waals surface area contributed by atoms with Gasteiger partial charge in [-0.25, -0.2) is 9.97 Å². The van der Waals surface area contributed by atoms with E-state index >= 15 is 0 Å². The Morgan fingerprint density at radius 3 is 2.62 bits per heavy atom. The molecule has 0 bridgehead atoms. The van der Waals surface area contributed by atoms with Gasteiger partial charge in [-0.05, 0) is 18.2 Å². The van der Waals surface area contributed by atoms with E-state index in [9.17, 15) is 0 Å². The fourth-order valence-corrected chi connectivity index (χ4v) is 2.24. The van der Waals surface area contributed by atoms with Crippen LogP contribution in [0.1, 0.15) is 0 Å². The number of anilines is 1. The van der Waals surface area contributed by atoms with Crippen LogP contribution in [-0.2, 0) is 0 Å². The molecular weight excluding hydrogens is 268 g/mol. The van der Waals surface area contributed by atoms with Gasteiger partial charge < -0.3 is 14.8 Å². The molecule has 1 aromatic carbocycles. The zero-order chi connectivity index (χ0) is 14.8. The SMILES string of the molecule is CNc1nc(-c2ccc(OC)c(OC)c2)cc2nccn12. The Morgan fingerprint density at radius 2 is 1.90 bits per heavy atom. The van der Waals surface area contributed by atoms with Crippen molar-refractivity contribution in [2.75, 3.05) is 26.6 Å². The molecule has 0 aliphatic heterocycles. The third-order valence-corrected chi connectivity index (χ3v) is 3.29. The normalized spacial score (nSPS) is 10.6. The first-order chi connectivity index (χ1) is 10.3. The van der Waals surface area contributed by atoms with E-state index in [1.807, 2.05) is 41.9 Å². The summed E-state index contributed by atoms with van der Waals surface area (Å²) >= 11 is 0. The number of aromatic nitrogens is 3. The van der Waals surface area contributed by atoms with Gasteiger partial charge in [0, 0.05) is 31.1 Å². The van der Waals surface area contributed by atoms with Crippen LogP contribution in [0.25, 0.3) is 16.9 Å². The molecule has 2 heterocycles. The minimum absolute atomic E-state index is 0.672. The van der Waals surface area contributed by atoms with Crippen LogP contribution in [0.4, 0.5) is 5.95 Å². The summed E-state index contributed by atoms with van der Waals surface area (Å²) in [4.78, 5) is 8.93. The predicted molar refractivity (Wildman–Crippen MR) is 81.1 cm³/mol. The Kier molecular flexibility index (Phi) is 3.35. The summed E-state index contributed by atoms with van der Waals surface area (Å²) in [5.74, 6) is 2.10. The maximum atomic E-state index is 5.34. The first-order valence-corrected chi connectivity index (χ1v) is 6.51. The highest BCUT2D eigenvalue weighted by Crippen LogP contribution is 2.32. The van der Waals surface area contributed by atoms with Gasteiger partial charge in [0.2, 0.25) is 5.95 Å². The monoisotopic (exact) mass is 284 g/mol. The summed E-state index contributed by atoms with van der Waals surface area (Å²) in [5.41, 5.74) is 2.59. The molecule has 3 rings (SSSR count). The Balaban J connectivity index is 2.15. The molecule has 0 unspecified atom stereocenters. The molecule has 21 heavy (non-hydrogen) atoms. The molecule has 0 aliphatic carbocycles. The second-order valence-electron chi connectivity index (χ2n) is 4.44. The van der Waals surface area contributed by atoms with Gasteiger partial charge in [0.05, 0.1) is 19.9 Å². The van der Waals surface area contributed by atoms with Gasteiger partial charge in [0.25, 0.3) is 0 Å². The van der Waals surface area contributed by atoms with Gasteiger partial charge in [0.15, 0.2) is 11.5 Å². The Morgan fingerprint density at radius 1 is 1.10 bits per heavy atom. The Hall–Kier alpha value is -2.76. The topological polar surface area (TPSA) is 60.7 Å². The molecule has 0 spiro atoms. The van der Waals surface area contributed by atoms with Crippen LogP contribution in [0.2, 0.25) is 0 Å². The van der Waals surface area contributed by atoms with E-state index in [4.69, 9.17) is 9.47 Å². The predicted octanol–water partition coefficient (Wildman–Crippen LogP) is 2.46. The molecule has 0 amide bonds. The van der Waals surface area contributed by atoms with Crippen LogP contribution in [0.15, 0.2) is 36.7 Å². The van der Waals surface area contributed by atoms with E-state index in [0.717, 1.165) is 22.9 Å². The molecule has 2 aromatic heterocycles. The number of benzene rings is 1. The highest BCUT2D eigenvalue weighted by molar-refractivity contribution is 5.68. The number of hydrogen-bond acceptors (Lipinski definition) is 5. The first-order valence-electron chi connectivity index (χ1n) is 6.51. The second-order valence-corrected chi connectivity index (χ2v) is 4.44. The van der Waals surface area contributed by atoms with Crippen molar-refractivity contribution in [3.05, 3.63) is 36.7 Å². The lowest BCUT2D eigenvalue weighted by atomic mass is 10.1. The smallest absolute Gasteiger partial charge is 0.208 e. The van der Waals surface area contributed by atoms with Crippen molar-refractivity contribution in [1.29, 1.82) is 0 Å². The van der Waals surface area contributed by atoms with Crippen molar-refractivity contribution >= 4 is 11.6 Å². The van der Waals surface area contributed by atoms with Crippen molar-refractivity contribution < 1.29 is 9.47 Å². The summed E-state index contributed by atoms with van der Waals surface area (Å²) < 4.78 is 12.5. The van der Waals surface area contributed by atoms with Gasteiger partial charge in [-0.3, -0.25) is 4.40 Å². The van der Waals surface area contributed by atoms with E-state index in [2.05, 4.69) is 15.3 Å². The number of nitrogens with one attached hydrogen (secondary N) is 1. The molecule has 108 valence electrons. The fourth-order valence-electron chi connectivity index (χ4n) is 2.24. The fraction of sp³-hybridized carbons (Fsp3) is 0.200. The third-order valence-electron chi connectivity index (χ3n) is 3.29. The Labute approximate surface area is 122 Å². The van der Waals surface area contributed by atoms with E-state index < -0.39 is 0 Å². The maximum Gasteiger partial charge on any atom is 0.208 e. The average Bonchev–Trinajstić information content (AvgIpc) is 3.01. The highest BCUT2D eigenvalue weighted by atomic mass is 16.5. The largest absolute Gasteiger partial charge is 0.493 e. The minimum Gasteiger partial charge on any atom is -0.493 e. The molecule has 0 saturated heterocycles. The summed E-state index contributed by atoms with van der Waals surface area (Å²) in [6.07, 6.45) is 3.61. The van der Waals surface area contributed by atoms with Crippen LogP contribution in [0.3, 0.4) is 0 Å². The molecule has 0 aliphatic rings. The quantitative estimate of drug-likeness (QED) is 0.797. The number of nitrogens with zero attached hydrogens (tertiary/aromatic N) is 3. The number of fused-ring (bicyclic) bond motifs is 1. The Bertz CT molecular complexity index is 782. The second kappa shape index (κ2) is 5.32. The van der Waals surface area contributed by atoms with Crippen molar-refractivity contribution in [2.24, 2.45) is 0 Å². The summed E-state index contributed by atoms with van der Waals surface area (Å²) in [7, 11) is 5.07. The third kappa shape index (κ3) is 2.24. The summed E-state index contributed by atoms with van der Waals surface area (Å²) in [6, 6.07) is 7.65. The number of rotatable bonds is 4. The number of ether oxygens (including phenoxy) is 2. The van der Waals surface area contributed by atoms with Gasteiger partial charge in [-0.2, -0.15) is 0 Å². The number of imidazole rings is 1. The lowest BCUT2D eigenvalue weighted by molar-refractivity contribution is 0.355. The van der Waals surface area contributed by atoms with Crippen molar-refractivity contribution in [2.45, 2.75) is 0 Å². The molecule has 1 N–H and O–H groups in total. The first kappa shape index (κ1) is 13.2. The molecular formula is C15H16N4O2. The molecule has 6 heteroatoms. The summed E-state index contributed by atoms with van der Waals surface area (Å²) in [6.45, 7) is 0. The molecule has 3 aromatic rings. The van der Waals surface area contributed by atoms with E-state index in [1.54, 1.807) is 20.4 Å². The van der Waals surface area contributed by atoms with Crippen LogP contribution in [0, 0.1) is 0 Å². The van der Waals surface area contributed by atoms with Crippen LogP contribution in [0.5, 0.6) is 11.5 Å². The van der Waals surface area contributed by atoms with Crippen LogP contribution < -0.4 is 14.8 Å². The average molecular weight is 284 g/mol. The van der Waals surface area contributed by atoms with Crippen molar-refractivity contribution in [3.63, 3.8) is 0 Å². The van der Waals surface area contributed by atoms with E-state index in [-0.39, 0.29) is 0 Å². The van der Waals surface area contributed by atoms with Gasteiger partial charge in [0.1, 0.15) is 5.65 Å². The minimum atomic E-state index is 0.672. The van der Waals surface area contributed by atoms with E-state index in [1.165, 1.54) is 0 Å². The van der Waals surface area contributed by atoms with Crippen molar-refractivity contribution in [3.8, 4) is 22.8 Å². The van der Waals surface area contributed by atoms with Crippen LogP contribution >= 0.6 is 0 Å². The molecule has 0 fully saturated rings. The molecule has 0 saturated carbocycles. The van der Waals surface area contributed by atoms with Gasteiger partial charge in [-0.1, -0.05) is 0 Å². The zero-order valence-corrected chi connectivity index (χ0v) is 12.1. The van der Waals surface area contributed by atoms with Crippen LogP contribution in [-0.4, -0.2) is 35.6 Å². The van der Waals surface area contributed by atoms with E-state index in [0.29, 0.717) is 11.5 Å².